The summed E-state index contributed by atoms with van der Waals surface area (Å²) in [4.78, 5) is 41.4. The SMILES string of the molecule is CC(C)C[C@H](C(=O)NC(=O)[C@@H]1CCCC[C@@H]1NC(=O)c1ccc(CN(C)C)cc1F)c1nnc(SC(C)C)o1. The van der Waals surface area contributed by atoms with Gasteiger partial charge in [-0.05, 0) is 57.0 Å². The van der Waals surface area contributed by atoms with Gasteiger partial charge in [0.25, 0.3) is 11.1 Å². The van der Waals surface area contributed by atoms with Gasteiger partial charge in [-0.2, -0.15) is 0 Å². The Kier molecular flexibility index (Phi) is 11.1. The van der Waals surface area contributed by atoms with Crippen LogP contribution in [0.15, 0.2) is 27.8 Å². The Balaban J connectivity index is 1.70. The van der Waals surface area contributed by atoms with Gasteiger partial charge in [-0.15, -0.1) is 10.2 Å². The summed E-state index contributed by atoms with van der Waals surface area (Å²) in [6.07, 6.45) is 3.12. The van der Waals surface area contributed by atoms with E-state index in [4.69, 9.17) is 4.42 Å². The minimum absolute atomic E-state index is 0.0678. The lowest BCUT2D eigenvalue weighted by Crippen LogP contribution is -2.50. The molecule has 2 N–H and O–H groups in total. The number of hydrogen-bond donors (Lipinski definition) is 2. The molecule has 0 spiro atoms. The Morgan fingerprint density at radius 1 is 1.13 bits per heavy atom. The normalized spacial score (nSPS) is 18.4. The lowest BCUT2D eigenvalue weighted by atomic mass is 9.83. The summed E-state index contributed by atoms with van der Waals surface area (Å²) in [6.45, 7) is 8.50. The van der Waals surface area contributed by atoms with Crippen LogP contribution in [-0.2, 0) is 16.1 Å². The lowest BCUT2D eigenvalue weighted by Gasteiger charge is -2.31. The van der Waals surface area contributed by atoms with Crippen LogP contribution in [0, 0.1) is 17.7 Å². The highest BCUT2D eigenvalue weighted by Crippen LogP contribution is 2.29. The van der Waals surface area contributed by atoms with Crippen LogP contribution in [0.2, 0.25) is 0 Å². The number of halogens is 1. The number of carbonyl (C=O) groups is 3. The van der Waals surface area contributed by atoms with Crippen LogP contribution in [0.1, 0.15) is 87.5 Å². The summed E-state index contributed by atoms with van der Waals surface area (Å²) in [5.41, 5.74) is 0.691. The van der Waals surface area contributed by atoms with Crippen molar-refractivity contribution in [1.29, 1.82) is 0 Å². The van der Waals surface area contributed by atoms with E-state index in [1.54, 1.807) is 6.07 Å². The molecule has 2 aromatic rings. The van der Waals surface area contributed by atoms with E-state index in [0.717, 1.165) is 18.4 Å². The molecule has 1 fully saturated rings. The fourth-order valence-electron chi connectivity index (χ4n) is 4.77. The second kappa shape index (κ2) is 14.0. The predicted molar refractivity (Wildman–Crippen MR) is 148 cm³/mol. The summed E-state index contributed by atoms with van der Waals surface area (Å²) in [5, 5.41) is 14.1. The van der Waals surface area contributed by atoms with Gasteiger partial charge in [-0.25, -0.2) is 4.39 Å². The van der Waals surface area contributed by atoms with Crippen molar-refractivity contribution in [2.45, 2.75) is 88.8 Å². The molecule has 0 bridgehead atoms. The minimum atomic E-state index is -0.769. The Bertz CT molecular complexity index is 1150. The first-order valence-electron chi connectivity index (χ1n) is 13.5. The quantitative estimate of drug-likeness (QED) is 0.384. The average Bonchev–Trinajstić information content (AvgIpc) is 3.29. The van der Waals surface area contributed by atoms with Gasteiger partial charge in [0.2, 0.25) is 17.7 Å². The third kappa shape index (κ3) is 8.86. The highest BCUT2D eigenvalue weighted by Gasteiger charge is 2.36. The second-order valence-corrected chi connectivity index (χ2v) is 12.7. The molecule has 1 aromatic carbocycles. The maximum atomic E-state index is 14.7. The van der Waals surface area contributed by atoms with Gasteiger partial charge < -0.3 is 14.6 Å². The van der Waals surface area contributed by atoms with Gasteiger partial charge in [0.05, 0.1) is 11.5 Å². The average molecular weight is 562 g/mol. The topological polar surface area (TPSA) is 117 Å². The van der Waals surface area contributed by atoms with Gasteiger partial charge in [-0.1, -0.05) is 58.4 Å². The first-order valence-corrected chi connectivity index (χ1v) is 14.4. The summed E-state index contributed by atoms with van der Waals surface area (Å²) in [5.74, 6) is -3.20. The van der Waals surface area contributed by atoms with Crippen molar-refractivity contribution in [1.82, 2.24) is 25.7 Å². The number of nitrogens with one attached hydrogen (secondary N) is 2. The fourth-order valence-corrected chi connectivity index (χ4v) is 5.40. The zero-order valence-corrected chi connectivity index (χ0v) is 24.4. The molecule has 0 radical (unpaired) electrons. The number of benzene rings is 1. The van der Waals surface area contributed by atoms with Crippen molar-refractivity contribution in [2.24, 2.45) is 11.8 Å². The molecule has 1 aromatic heterocycles. The van der Waals surface area contributed by atoms with E-state index < -0.39 is 41.4 Å². The molecule has 1 aliphatic carbocycles. The highest BCUT2D eigenvalue weighted by atomic mass is 32.2. The van der Waals surface area contributed by atoms with Gasteiger partial charge in [0.1, 0.15) is 11.7 Å². The molecule has 3 rings (SSSR count). The Morgan fingerprint density at radius 3 is 2.49 bits per heavy atom. The van der Waals surface area contributed by atoms with Gasteiger partial charge in [-0.3, -0.25) is 19.7 Å². The zero-order valence-electron chi connectivity index (χ0n) is 23.6. The Morgan fingerprint density at radius 2 is 1.85 bits per heavy atom. The summed E-state index contributed by atoms with van der Waals surface area (Å²) < 4.78 is 20.5. The molecule has 0 unspecified atom stereocenters. The second-order valence-electron chi connectivity index (χ2n) is 11.1. The van der Waals surface area contributed by atoms with Crippen LogP contribution in [-0.4, -0.2) is 58.2 Å². The van der Waals surface area contributed by atoms with Crippen LogP contribution < -0.4 is 10.6 Å². The van der Waals surface area contributed by atoms with E-state index in [0.29, 0.717) is 31.0 Å². The largest absolute Gasteiger partial charge is 0.415 e. The standard InChI is InChI=1S/C28H40FN5O4S/c1-16(2)13-21(27-32-33-28(38-27)39-17(3)4)26(37)31-25(36)20-9-7-8-10-23(20)30-24(35)19-12-11-18(14-22(19)29)15-34(5)6/h11-12,14,16-17,20-21,23H,7-10,13,15H2,1-6H3,(H,30,35)(H,31,36,37)/t20-,21-,23+/m1/s1. The summed E-state index contributed by atoms with van der Waals surface area (Å²) >= 11 is 1.40. The van der Waals surface area contributed by atoms with E-state index in [2.05, 4.69) is 20.8 Å². The molecule has 1 saturated carbocycles. The number of rotatable bonds is 11. The third-order valence-corrected chi connectivity index (χ3v) is 7.36. The molecule has 9 nitrogen and oxygen atoms in total. The van der Waals surface area contributed by atoms with Crippen molar-refractivity contribution in [2.75, 3.05) is 14.1 Å². The molecular weight excluding hydrogens is 521 g/mol. The number of imide groups is 1. The minimum Gasteiger partial charge on any atom is -0.415 e. The van der Waals surface area contributed by atoms with E-state index in [1.807, 2.05) is 46.7 Å². The first-order chi connectivity index (χ1) is 18.4. The third-order valence-electron chi connectivity index (χ3n) is 6.52. The van der Waals surface area contributed by atoms with E-state index >= 15 is 0 Å². The molecule has 39 heavy (non-hydrogen) atoms. The number of aromatic nitrogens is 2. The highest BCUT2D eigenvalue weighted by molar-refractivity contribution is 7.99. The van der Waals surface area contributed by atoms with Crippen molar-refractivity contribution in [3.8, 4) is 0 Å². The van der Waals surface area contributed by atoms with E-state index in [-0.39, 0.29) is 22.6 Å². The van der Waals surface area contributed by atoms with E-state index in [1.165, 1.54) is 23.9 Å². The molecule has 0 aliphatic heterocycles. The Hall–Kier alpha value is -2.79. The van der Waals surface area contributed by atoms with Crippen LogP contribution in [0.25, 0.3) is 0 Å². The smallest absolute Gasteiger partial charge is 0.276 e. The van der Waals surface area contributed by atoms with Crippen LogP contribution >= 0.6 is 11.8 Å². The molecule has 1 aliphatic rings. The molecule has 214 valence electrons. The summed E-state index contributed by atoms with van der Waals surface area (Å²) in [6, 6.07) is 4.04. The molecule has 3 amide bonds. The monoisotopic (exact) mass is 561 g/mol. The number of thioether (sulfide) groups is 1. The van der Waals surface area contributed by atoms with Crippen LogP contribution in [0.4, 0.5) is 4.39 Å². The Labute approximate surface area is 234 Å². The van der Waals surface area contributed by atoms with Crippen molar-refractivity contribution in [3.63, 3.8) is 0 Å². The van der Waals surface area contributed by atoms with Gasteiger partial charge in [0, 0.05) is 17.8 Å². The van der Waals surface area contributed by atoms with E-state index in [9.17, 15) is 18.8 Å². The number of hydrogen-bond acceptors (Lipinski definition) is 8. The van der Waals surface area contributed by atoms with Crippen molar-refractivity contribution in [3.05, 3.63) is 41.0 Å². The van der Waals surface area contributed by atoms with Gasteiger partial charge in [0.15, 0.2) is 0 Å². The van der Waals surface area contributed by atoms with Crippen molar-refractivity contribution < 1.29 is 23.2 Å². The van der Waals surface area contributed by atoms with Gasteiger partial charge >= 0.3 is 0 Å². The predicted octanol–water partition coefficient (Wildman–Crippen LogP) is 4.53. The molecule has 3 atom stereocenters. The first kappa shape index (κ1) is 30.7. The zero-order chi connectivity index (χ0) is 28.7. The van der Waals surface area contributed by atoms with Crippen LogP contribution in [0.3, 0.4) is 0 Å². The lowest BCUT2D eigenvalue weighted by molar-refractivity contribution is -0.135. The molecule has 1 heterocycles. The van der Waals surface area contributed by atoms with Crippen molar-refractivity contribution >= 4 is 29.5 Å². The fraction of sp³-hybridized carbons (Fsp3) is 0.607. The maximum Gasteiger partial charge on any atom is 0.276 e. The number of carbonyl (C=O) groups excluding carboxylic acids is 3. The summed E-state index contributed by atoms with van der Waals surface area (Å²) in [7, 11) is 3.77. The molecular formula is C28H40FN5O4S. The maximum absolute atomic E-state index is 14.7. The van der Waals surface area contributed by atoms with Crippen LogP contribution in [0.5, 0.6) is 0 Å². The number of nitrogens with zero attached hydrogens (tertiary/aromatic N) is 3. The number of amides is 3. The molecule has 0 saturated heterocycles. The molecule has 11 heteroatoms.